The zero-order valence-corrected chi connectivity index (χ0v) is 8.72. The number of rotatable bonds is 0. The Labute approximate surface area is 94.6 Å². The first kappa shape index (κ1) is 11.5. The molecule has 1 aromatic carbocycles. The van der Waals surface area contributed by atoms with E-state index >= 15 is 0 Å². The summed E-state index contributed by atoms with van der Waals surface area (Å²) in [7, 11) is 0. The molecule has 0 fully saturated rings. The Balaban J connectivity index is 2.34. The average molecular weight is 253 g/mol. The van der Waals surface area contributed by atoms with Gasteiger partial charge in [-0.1, -0.05) is 11.6 Å². The van der Waals surface area contributed by atoms with Crippen LogP contribution in [-0.2, 0) is 0 Å². The second-order valence-electron chi connectivity index (χ2n) is 3.58. The van der Waals surface area contributed by atoms with E-state index in [4.69, 9.17) is 16.3 Å². The third kappa shape index (κ3) is 2.10. The molecule has 0 spiro atoms. The molecular weight excluding hydrogens is 245 g/mol. The van der Waals surface area contributed by atoms with Gasteiger partial charge in [0.15, 0.2) is 6.10 Å². The van der Waals surface area contributed by atoms with Gasteiger partial charge in [0.25, 0.3) is 0 Å². The van der Waals surface area contributed by atoms with Gasteiger partial charge in [-0.3, -0.25) is 0 Å². The molecule has 2 rings (SSSR count). The SMILES string of the molecule is OC1CC(C(F)(F)F)Oc2ccc(Cl)cc21. The van der Waals surface area contributed by atoms with Crippen molar-refractivity contribution >= 4 is 11.6 Å². The molecule has 1 aliphatic rings. The molecule has 1 aromatic rings. The van der Waals surface area contributed by atoms with E-state index in [1.807, 2.05) is 0 Å². The van der Waals surface area contributed by atoms with Gasteiger partial charge in [0, 0.05) is 17.0 Å². The lowest BCUT2D eigenvalue weighted by Crippen LogP contribution is -2.38. The van der Waals surface area contributed by atoms with E-state index in [1.54, 1.807) is 0 Å². The standard InChI is InChI=1S/C10H8ClF3O2/c11-5-1-2-8-6(3-5)7(15)4-9(16-8)10(12,13)14/h1-3,7,9,15H,4H2. The van der Waals surface area contributed by atoms with Crippen LogP contribution in [-0.4, -0.2) is 17.4 Å². The summed E-state index contributed by atoms with van der Waals surface area (Å²) in [5.74, 6) is 0.0328. The minimum absolute atomic E-state index is 0.0328. The number of alkyl halides is 3. The topological polar surface area (TPSA) is 29.5 Å². The van der Waals surface area contributed by atoms with Crippen molar-refractivity contribution in [2.24, 2.45) is 0 Å². The molecule has 0 saturated heterocycles. The van der Waals surface area contributed by atoms with Crippen LogP contribution >= 0.6 is 11.6 Å². The zero-order chi connectivity index (χ0) is 11.9. The molecule has 2 atom stereocenters. The Kier molecular flexibility index (Phi) is 2.75. The van der Waals surface area contributed by atoms with Gasteiger partial charge >= 0.3 is 6.18 Å². The molecule has 0 radical (unpaired) electrons. The zero-order valence-electron chi connectivity index (χ0n) is 7.96. The van der Waals surface area contributed by atoms with E-state index in [9.17, 15) is 18.3 Å². The monoisotopic (exact) mass is 252 g/mol. The lowest BCUT2D eigenvalue weighted by atomic mass is 9.99. The van der Waals surface area contributed by atoms with Crippen LogP contribution in [0, 0.1) is 0 Å². The average Bonchev–Trinajstić information content (AvgIpc) is 2.17. The fourth-order valence-corrected chi connectivity index (χ4v) is 1.80. The normalized spacial score (nSPS) is 24.8. The summed E-state index contributed by atoms with van der Waals surface area (Å²) < 4.78 is 42.1. The van der Waals surface area contributed by atoms with Crippen LogP contribution in [0.25, 0.3) is 0 Å². The second-order valence-corrected chi connectivity index (χ2v) is 4.02. The lowest BCUT2D eigenvalue weighted by Gasteiger charge is -2.30. The summed E-state index contributed by atoms with van der Waals surface area (Å²) in [5, 5.41) is 9.93. The first-order valence-electron chi connectivity index (χ1n) is 4.59. The van der Waals surface area contributed by atoms with Gasteiger partial charge < -0.3 is 9.84 Å². The molecule has 0 bridgehead atoms. The van der Waals surface area contributed by atoms with E-state index in [0.29, 0.717) is 10.6 Å². The van der Waals surface area contributed by atoms with Crippen molar-refractivity contribution in [1.82, 2.24) is 0 Å². The summed E-state index contributed by atoms with van der Waals surface area (Å²) in [5.41, 5.74) is 0.299. The Hall–Kier alpha value is -0.940. The Morgan fingerprint density at radius 2 is 2.06 bits per heavy atom. The minimum atomic E-state index is -4.47. The van der Waals surface area contributed by atoms with Gasteiger partial charge in [0.1, 0.15) is 5.75 Å². The summed E-state index contributed by atoms with van der Waals surface area (Å²) in [4.78, 5) is 0. The van der Waals surface area contributed by atoms with Gasteiger partial charge in [-0.05, 0) is 18.2 Å². The first-order valence-corrected chi connectivity index (χ1v) is 4.96. The Bertz CT molecular complexity index is 406. The lowest BCUT2D eigenvalue weighted by molar-refractivity contribution is -0.207. The number of benzene rings is 1. The molecule has 0 aromatic heterocycles. The summed E-state index contributed by atoms with van der Waals surface area (Å²) in [6, 6.07) is 4.17. The van der Waals surface area contributed by atoms with Gasteiger partial charge in [-0.2, -0.15) is 13.2 Å². The van der Waals surface area contributed by atoms with Crippen LogP contribution < -0.4 is 4.74 Å². The maximum atomic E-state index is 12.4. The highest BCUT2D eigenvalue weighted by molar-refractivity contribution is 6.30. The molecular formula is C10H8ClF3O2. The van der Waals surface area contributed by atoms with Crippen molar-refractivity contribution in [3.05, 3.63) is 28.8 Å². The van der Waals surface area contributed by atoms with Crippen molar-refractivity contribution in [2.75, 3.05) is 0 Å². The fourth-order valence-electron chi connectivity index (χ4n) is 1.62. The van der Waals surface area contributed by atoms with Crippen LogP contribution in [0.15, 0.2) is 18.2 Å². The van der Waals surface area contributed by atoms with Crippen LogP contribution in [0.2, 0.25) is 5.02 Å². The van der Waals surface area contributed by atoms with E-state index < -0.39 is 24.8 Å². The van der Waals surface area contributed by atoms with Gasteiger partial charge in [-0.25, -0.2) is 0 Å². The van der Waals surface area contributed by atoms with Gasteiger partial charge in [0.05, 0.1) is 6.10 Å². The Morgan fingerprint density at radius 3 is 2.69 bits per heavy atom. The van der Waals surface area contributed by atoms with Crippen molar-refractivity contribution < 1.29 is 23.0 Å². The fraction of sp³-hybridized carbons (Fsp3) is 0.400. The van der Waals surface area contributed by atoms with Crippen LogP contribution in [0.4, 0.5) is 13.2 Å². The van der Waals surface area contributed by atoms with E-state index in [0.717, 1.165) is 0 Å². The molecule has 1 N–H and O–H groups in total. The maximum absolute atomic E-state index is 12.4. The number of aliphatic hydroxyl groups excluding tert-OH is 1. The van der Waals surface area contributed by atoms with Crippen molar-refractivity contribution in [1.29, 1.82) is 0 Å². The van der Waals surface area contributed by atoms with Crippen LogP contribution in [0.1, 0.15) is 18.1 Å². The van der Waals surface area contributed by atoms with E-state index in [-0.39, 0.29) is 5.75 Å². The second kappa shape index (κ2) is 3.82. The number of hydrogen-bond acceptors (Lipinski definition) is 2. The number of halogens is 4. The quantitative estimate of drug-likeness (QED) is 0.769. The number of hydrogen-bond donors (Lipinski definition) is 1. The van der Waals surface area contributed by atoms with Crippen molar-refractivity contribution in [3.63, 3.8) is 0 Å². The van der Waals surface area contributed by atoms with E-state index in [1.165, 1.54) is 18.2 Å². The molecule has 0 aliphatic carbocycles. The molecule has 1 aliphatic heterocycles. The third-order valence-electron chi connectivity index (χ3n) is 2.40. The summed E-state index contributed by atoms with van der Waals surface area (Å²) >= 11 is 5.68. The highest BCUT2D eigenvalue weighted by atomic mass is 35.5. The van der Waals surface area contributed by atoms with Crippen LogP contribution in [0.5, 0.6) is 5.75 Å². The molecule has 0 amide bonds. The Morgan fingerprint density at radius 1 is 1.38 bits per heavy atom. The molecule has 2 nitrogen and oxygen atoms in total. The van der Waals surface area contributed by atoms with Gasteiger partial charge in [0.2, 0.25) is 0 Å². The smallest absolute Gasteiger partial charge is 0.425 e. The highest BCUT2D eigenvalue weighted by Gasteiger charge is 2.45. The summed E-state index contributed by atoms with van der Waals surface area (Å²) in [6.07, 6.45) is -8.14. The molecule has 1 heterocycles. The highest BCUT2D eigenvalue weighted by Crippen LogP contribution is 2.40. The van der Waals surface area contributed by atoms with Gasteiger partial charge in [-0.15, -0.1) is 0 Å². The molecule has 0 saturated carbocycles. The predicted octanol–water partition coefficient (Wildman–Crippen LogP) is 3.09. The molecule has 88 valence electrons. The molecule has 2 unspecified atom stereocenters. The summed E-state index contributed by atoms with van der Waals surface area (Å²) in [6.45, 7) is 0. The van der Waals surface area contributed by atoms with Crippen LogP contribution in [0.3, 0.4) is 0 Å². The van der Waals surface area contributed by atoms with E-state index in [2.05, 4.69) is 0 Å². The number of aliphatic hydroxyl groups is 1. The number of ether oxygens (including phenoxy) is 1. The first-order chi connectivity index (χ1) is 7.38. The van der Waals surface area contributed by atoms with Crippen molar-refractivity contribution in [3.8, 4) is 5.75 Å². The number of fused-ring (bicyclic) bond motifs is 1. The molecule has 16 heavy (non-hydrogen) atoms. The largest absolute Gasteiger partial charge is 0.480 e. The predicted molar refractivity (Wildman–Crippen MR) is 51.5 cm³/mol. The minimum Gasteiger partial charge on any atom is -0.480 e. The van der Waals surface area contributed by atoms with Crippen molar-refractivity contribution in [2.45, 2.75) is 24.8 Å². The maximum Gasteiger partial charge on any atom is 0.425 e. The third-order valence-corrected chi connectivity index (χ3v) is 2.64. The molecule has 6 heteroatoms.